The third-order valence-corrected chi connectivity index (χ3v) is 4.87. The lowest BCUT2D eigenvalue weighted by Gasteiger charge is -2.31. The summed E-state index contributed by atoms with van der Waals surface area (Å²) in [6.07, 6.45) is 10.6. The molecule has 1 saturated carbocycles. The van der Waals surface area contributed by atoms with Crippen molar-refractivity contribution in [1.82, 2.24) is 10.2 Å². The number of rotatable bonds is 7. The Morgan fingerprint density at radius 3 is 2.79 bits per heavy atom. The zero-order valence-corrected chi connectivity index (χ0v) is 14.2. The van der Waals surface area contributed by atoms with E-state index < -0.39 is 0 Å². The van der Waals surface area contributed by atoms with E-state index >= 15 is 0 Å². The number of halogens is 1. The lowest BCUT2D eigenvalue weighted by molar-refractivity contribution is -0.121. The van der Waals surface area contributed by atoms with Crippen LogP contribution in [-0.4, -0.2) is 36.5 Å². The fourth-order valence-corrected chi connectivity index (χ4v) is 3.33. The molecule has 4 heteroatoms. The average molecular weight is 330 g/mol. The van der Waals surface area contributed by atoms with Crippen molar-refractivity contribution in [1.29, 1.82) is 0 Å². The molecule has 130 valence electrons. The fraction of sp³-hybridized carbons (Fsp3) is 0.550. The van der Waals surface area contributed by atoms with Crippen LogP contribution >= 0.6 is 0 Å². The molecule has 1 unspecified atom stereocenters. The summed E-state index contributed by atoms with van der Waals surface area (Å²) < 4.78 is 12.9. The topological polar surface area (TPSA) is 32.3 Å². The molecule has 2 aliphatic rings. The molecule has 1 aliphatic carbocycles. The molecular weight excluding hydrogens is 303 g/mol. The number of likely N-dealkylation sites (tertiary alicyclic amines) is 1. The first kappa shape index (κ1) is 17.2. The first-order valence-electron chi connectivity index (χ1n) is 9.13. The molecule has 0 radical (unpaired) electrons. The number of carbonyl (C=O) groups excluding carboxylic acids is 1. The second-order valence-corrected chi connectivity index (χ2v) is 7.10. The van der Waals surface area contributed by atoms with Crippen molar-refractivity contribution in [3.8, 4) is 0 Å². The van der Waals surface area contributed by atoms with Gasteiger partial charge in [-0.05, 0) is 62.3 Å². The number of carbonyl (C=O) groups is 1. The van der Waals surface area contributed by atoms with E-state index in [0.29, 0.717) is 18.4 Å². The maximum atomic E-state index is 12.9. The summed E-state index contributed by atoms with van der Waals surface area (Å²) in [5.41, 5.74) is 1.03. The Kier molecular flexibility index (Phi) is 6.02. The second-order valence-electron chi connectivity index (χ2n) is 7.10. The summed E-state index contributed by atoms with van der Waals surface area (Å²) in [5, 5.41) is 3.07. The minimum absolute atomic E-state index is 0.197. The Bertz CT molecular complexity index is 566. The Labute approximate surface area is 143 Å². The molecular formula is C20H27FN2O. The van der Waals surface area contributed by atoms with Crippen LogP contribution in [0.2, 0.25) is 0 Å². The van der Waals surface area contributed by atoms with Crippen molar-refractivity contribution < 1.29 is 9.18 Å². The predicted molar refractivity (Wildman–Crippen MR) is 95.0 cm³/mol. The summed E-state index contributed by atoms with van der Waals surface area (Å²) in [7, 11) is 0. The monoisotopic (exact) mass is 330 g/mol. The lowest BCUT2D eigenvalue weighted by Crippen LogP contribution is -2.36. The van der Waals surface area contributed by atoms with Gasteiger partial charge < -0.3 is 5.32 Å². The van der Waals surface area contributed by atoms with Crippen LogP contribution in [0.5, 0.6) is 0 Å². The van der Waals surface area contributed by atoms with E-state index in [9.17, 15) is 9.18 Å². The zero-order chi connectivity index (χ0) is 16.8. The molecule has 1 heterocycles. The van der Waals surface area contributed by atoms with Crippen molar-refractivity contribution in [3.05, 3.63) is 41.7 Å². The quantitative estimate of drug-likeness (QED) is 0.828. The summed E-state index contributed by atoms with van der Waals surface area (Å²) in [6, 6.07) is 7.04. The van der Waals surface area contributed by atoms with Gasteiger partial charge in [-0.25, -0.2) is 4.39 Å². The van der Waals surface area contributed by atoms with Crippen LogP contribution in [0, 0.1) is 11.7 Å². The van der Waals surface area contributed by atoms with Crippen molar-refractivity contribution in [3.63, 3.8) is 0 Å². The number of piperidine rings is 1. The fourth-order valence-electron chi connectivity index (χ4n) is 3.33. The minimum Gasteiger partial charge on any atom is -0.353 e. The van der Waals surface area contributed by atoms with E-state index in [4.69, 9.17) is 0 Å². The van der Waals surface area contributed by atoms with Crippen LogP contribution in [0.4, 0.5) is 4.39 Å². The van der Waals surface area contributed by atoms with Crippen molar-refractivity contribution in [2.45, 2.75) is 44.6 Å². The van der Waals surface area contributed by atoms with E-state index in [1.165, 1.54) is 25.0 Å². The van der Waals surface area contributed by atoms with Crippen LogP contribution in [0.3, 0.4) is 0 Å². The molecule has 1 atom stereocenters. The highest BCUT2D eigenvalue weighted by Crippen LogP contribution is 2.22. The SMILES string of the molecule is O=C(CCC1CCCN(C/C=C/c2ccc(F)cc2)C1)NC1CC1. The van der Waals surface area contributed by atoms with Gasteiger partial charge in [-0.1, -0.05) is 24.3 Å². The van der Waals surface area contributed by atoms with E-state index in [-0.39, 0.29) is 11.7 Å². The second kappa shape index (κ2) is 8.43. The van der Waals surface area contributed by atoms with Gasteiger partial charge in [0, 0.05) is 25.6 Å². The molecule has 0 spiro atoms. The van der Waals surface area contributed by atoms with Gasteiger partial charge in [0.25, 0.3) is 0 Å². The molecule has 1 aliphatic heterocycles. The van der Waals surface area contributed by atoms with Crippen LogP contribution in [0.15, 0.2) is 30.3 Å². The third kappa shape index (κ3) is 5.75. The van der Waals surface area contributed by atoms with Crippen LogP contribution < -0.4 is 5.32 Å². The van der Waals surface area contributed by atoms with Gasteiger partial charge in [0.2, 0.25) is 5.91 Å². The Hall–Kier alpha value is -1.68. The molecule has 3 nitrogen and oxygen atoms in total. The van der Waals surface area contributed by atoms with Crippen molar-refractivity contribution >= 4 is 12.0 Å². The summed E-state index contributed by atoms with van der Waals surface area (Å²) >= 11 is 0. The van der Waals surface area contributed by atoms with Gasteiger partial charge in [-0.2, -0.15) is 0 Å². The van der Waals surface area contributed by atoms with Crippen LogP contribution in [-0.2, 0) is 4.79 Å². The number of hydrogen-bond acceptors (Lipinski definition) is 2. The number of nitrogens with one attached hydrogen (secondary N) is 1. The molecule has 0 bridgehead atoms. The molecule has 1 aromatic rings. The van der Waals surface area contributed by atoms with Gasteiger partial charge >= 0.3 is 0 Å². The average Bonchev–Trinajstić information content (AvgIpc) is 3.39. The lowest BCUT2D eigenvalue weighted by atomic mass is 9.93. The van der Waals surface area contributed by atoms with Gasteiger partial charge in [0.05, 0.1) is 0 Å². The number of amides is 1. The number of nitrogens with zero attached hydrogens (tertiary/aromatic N) is 1. The van der Waals surface area contributed by atoms with Gasteiger partial charge in [0.15, 0.2) is 0 Å². The largest absolute Gasteiger partial charge is 0.353 e. The van der Waals surface area contributed by atoms with Gasteiger partial charge in [0.1, 0.15) is 5.82 Å². The normalized spacial score (nSPS) is 22.0. The molecule has 1 aromatic carbocycles. The molecule has 3 rings (SSSR count). The standard InChI is InChI=1S/C20H27FN2O/c21-18-8-5-16(6-9-18)3-1-13-23-14-2-4-17(15-23)7-12-20(24)22-19-10-11-19/h1,3,5-6,8-9,17,19H,2,4,7,10-15H2,(H,22,24)/b3-1+. The molecule has 2 fully saturated rings. The van der Waals surface area contributed by atoms with E-state index in [0.717, 1.165) is 44.5 Å². The first-order chi connectivity index (χ1) is 11.7. The maximum Gasteiger partial charge on any atom is 0.220 e. The minimum atomic E-state index is -0.197. The Balaban J connectivity index is 1.38. The highest BCUT2D eigenvalue weighted by Gasteiger charge is 2.24. The molecule has 24 heavy (non-hydrogen) atoms. The summed E-state index contributed by atoms with van der Waals surface area (Å²) in [5.74, 6) is 0.658. The molecule has 0 aromatic heterocycles. The van der Waals surface area contributed by atoms with E-state index in [1.54, 1.807) is 12.1 Å². The molecule has 1 N–H and O–H groups in total. The third-order valence-electron chi connectivity index (χ3n) is 4.87. The highest BCUT2D eigenvalue weighted by atomic mass is 19.1. The van der Waals surface area contributed by atoms with Gasteiger partial charge in [-0.15, -0.1) is 0 Å². The summed E-state index contributed by atoms with van der Waals surface area (Å²) in [6.45, 7) is 3.12. The van der Waals surface area contributed by atoms with Gasteiger partial charge in [-0.3, -0.25) is 9.69 Å². The van der Waals surface area contributed by atoms with E-state index in [2.05, 4.69) is 16.3 Å². The summed E-state index contributed by atoms with van der Waals surface area (Å²) in [4.78, 5) is 14.3. The number of hydrogen-bond donors (Lipinski definition) is 1. The highest BCUT2D eigenvalue weighted by molar-refractivity contribution is 5.76. The zero-order valence-electron chi connectivity index (χ0n) is 14.2. The van der Waals surface area contributed by atoms with Crippen molar-refractivity contribution in [2.75, 3.05) is 19.6 Å². The van der Waals surface area contributed by atoms with Crippen LogP contribution in [0.1, 0.15) is 44.1 Å². The van der Waals surface area contributed by atoms with Crippen LogP contribution in [0.25, 0.3) is 6.08 Å². The molecule has 1 saturated heterocycles. The first-order valence-corrected chi connectivity index (χ1v) is 9.13. The van der Waals surface area contributed by atoms with E-state index in [1.807, 2.05) is 6.08 Å². The van der Waals surface area contributed by atoms with Crippen molar-refractivity contribution in [2.24, 2.45) is 5.92 Å². The smallest absolute Gasteiger partial charge is 0.220 e. The molecule has 1 amide bonds. The maximum absolute atomic E-state index is 12.9. The Morgan fingerprint density at radius 1 is 1.25 bits per heavy atom. The number of benzene rings is 1. The predicted octanol–water partition coefficient (Wildman–Crippen LogP) is 3.61. The Morgan fingerprint density at radius 2 is 2.04 bits per heavy atom.